The molecule has 35 heavy (non-hydrogen) atoms. The molecule has 1 saturated heterocycles. The van der Waals surface area contributed by atoms with Crippen molar-refractivity contribution in [2.24, 2.45) is 0 Å². The van der Waals surface area contributed by atoms with Crippen LogP contribution < -0.4 is 10.6 Å². The largest absolute Gasteiger partial charge is 0.376 e. The molecule has 8 heteroatoms. The van der Waals surface area contributed by atoms with Crippen LogP contribution in [-0.4, -0.2) is 40.3 Å². The zero-order valence-corrected chi connectivity index (χ0v) is 20.1. The minimum atomic E-state index is -0.599. The normalized spacial score (nSPS) is 19.2. The number of rotatable bonds is 8. The molecule has 184 valence electrons. The van der Waals surface area contributed by atoms with Gasteiger partial charge in [-0.25, -0.2) is 4.39 Å². The fraction of sp³-hybridized carbons (Fsp3) is 0.370. The van der Waals surface area contributed by atoms with Gasteiger partial charge in [0.25, 0.3) is 5.91 Å². The van der Waals surface area contributed by atoms with E-state index in [9.17, 15) is 14.0 Å². The Morgan fingerprint density at radius 3 is 2.60 bits per heavy atom. The molecular weight excluding hydrogens is 447 g/mol. The van der Waals surface area contributed by atoms with E-state index >= 15 is 0 Å². The number of halogens is 1. The number of nitrogens with zero attached hydrogens (tertiary/aromatic N) is 2. The molecular formula is C27H31FN4O3. The highest BCUT2D eigenvalue weighted by molar-refractivity contribution is 6.04. The van der Waals surface area contributed by atoms with E-state index in [4.69, 9.17) is 4.74 Å². The smallest absolute Gasteiger partial charge is 0.258 e. The second-order valence-electron chi connectivity index (χ2n) is 9.64. The fourth-order valence-electron chi connectivity index (χ4n) is 4.88. The predicted molar refractivity (Wildman–Crippen MR) is 132 cm³/mol. The monoisotopic (exact) mass is 478 g/mol. The summed E-state index contributed by atoms with van der Waals surface area (Å²) < 4.78 is 21.2. The van der Waals surface area contributed by atoms with Gasteiger partial charge in [-0.3, -0.25) is 14.3 Å². The zero-order chi connectivity index (χ0) is 24.9. The van der Waals surface area contributed by atoms with E-state index in [1.165, 1.54) is 34.6 Å². The van der Waals surface area contributed by atoms with E-state index in [0.29, 0.717) is 18.8 Å². The maximum Gasteiger partial charge on any atom is 0.258 e. The van der Waals surface area contributed by atoms with Crippen LogP contribution in [0.5, 0.6) is 0 Å². The molecule has 1 aliphatic heterocycles. The number of carbonyl (C=O) groups is 2. The maximum atomic E-state index is 13.8. The summed E-state index contributed by atoms with van der Waals surface area (Å²) in [6.07, 6.45) is 5.56. The highest BCUT2D eigenvalue weighted by Crippen LogP contribution is 2.43. The van der Waals surface area contributed by atoms with E-state index in [-0.39, 0.29) is 29.0 Å². The molecule has 4 rings (SSSR count). The van der Waals surface area contributed by atoms with Crippen molar-refractivity contribution < 1.29 is 18.7 Å². The van der Waals surface area contributed by atoms with Crippen LogP contribution in [0.15, 0.2) is 67.0 Å². The lowest BCUT2D eigenvalue weighted by Gasteiger charge is -2.45. The van der Waals surface area contributed by atoms with Crippen molar-refractivity contribution in [1.29, 1.82) is 0 Å². The first-order valence-electron chi connectivity index (χ1n) is 11.8. The van der Waals surface area contributed by atoms with Crippen LogP contribution in [0, 0.1) is 5.82 Å². The second-order valence-corrected chi connectivity index (χ2v) is 9.64. The van der Waals surface area contributed by atoms with Gasteiger partial charge in [0.05, 0.1) is 23.0 Å². The molecule has 0 spiro atoms. The first kappa shape index (κ1) is 24.6. The van der Waals surface area contributed by atoms with Gasteiger partial charge in [0.2, 0.25) is 5.91 Å². The van der Waals surface area contributed by atoms with Gasteiger partial charge in [-0.2, -0.15) is 5.10 Å². The lowest BCUT2D eigenvalue weighted by molar-refractivity contribution is -0.122. The summed E-state index contributed by atoms with van der Waals surface area (Å²) in [7, 11) is 0. The molecule has 0 aliphatic carbocycles. The third-order valence-corrected chi connectivity index (χ3v) is 6.46. The molecule has 2 heterocycles. The van der Waals surface area contributed by atoms with E-state index in [1.54, 1.807) is 12.3 Å². The molecule has 1 aliphatic rings. The highest BCUT2D eigenvalue weighted by atomic mass is 19.1. The average Bonchev–Trinajstić information content (AvgIpc) is 3.25. The van der Waals surface area contributed by atoms with Crippen LogP contribution in [0.3, 0.4) is 0 Å². The van der Waals surface area contributed by atoms with Crippen LogP contribution in [0.1, 0.15) is 49.0 Å². The fourth-order valence-corrected chi connectivity index (χ4v) is 4.88. The van der Waals surface area contributed by atoms with Gasteiger partial charge < -0.3 is 15.4 Å². The Bertz CT molecular complexity index is 1180. The van der Waals surface area contributed by atoms with Gasteiger partial charge in [0.1, 0.15) is 12.4 Å². The van der Waals surface area contributed by atoms with E-state index < -0.39 is 11.7 Å². The Kier molecular flexibility index (Phi) is 7.31. The van der Waals surface area contributed by atoms with Crippen molar-refractivity contribution in [2.75, 3.05) is 18.5 Å². The lowest BCUT2D eigenvalue weighted by Crippen LogP contribution is -2.45. The first-order chi connectivity index (χ1) is 16.8. The van der Waals surface area contributed by atoms with Crippen LogP contribution >= 0.6 is 0 Å². The van der Waals surface area contributed by atoms with Gasteiger partial charge in [-0.05, 0) is 50.8 Å². The lowest BCUT2D eigenvalue weighted by atomic mass is 9.67. The van der Waals surface area contributed by atoms with Crippen molar-refractivity contribution in [3.63, 3.8) is 0 Å². The topological polar surface area (TPSA) is 85.3 Å². The highest BCUT2D eigenvalue weighted by Gasteiger charge is 2.41. The van der Waals surface area contributed by atoms with Crippen molar-refractivity contribution in [1.82, 2.24) is 15.1 Å². The van der Waals surface area contributed by atoms with Gasteiger partial charge in [-0.1, -0.05) is 42.5 Å². The van der Waals surface area contributed by atoms with Crippen molar-refractivity contribution in [2.45, 2.75) is 50.7 Å². The zero-order valence-electron chi connectivity index (χ0n) is 20.1. The summed E-state index contributed by atoms with van der Waals surface area (Å²) in [5.74, 6) is -1.34. The van der Waals surface area contributed by atoms with Crippen molar-refractivity contribution in [3.05, 3.63) is 83.9 Å². The molecule has 2 N–H and O–H groups in total. The summed E-state index contributed by atoms with van der Waals surface area (Å²) in [4.78, 5) is 24.9. The number of hydrogen-bond donors (Lipinski definition) is 2. The number of ether oxygens (including phenoxy) is 1. The number of nitrogens with one attached hydrogen (secondary N) is 2. The number of carbonyl (C=O) groups excluding carboxylic acids is 2. The quantitative estimate of drug-likeness (QED) is 0.505. The van der Waals surface area contributed by atoms with Crippen LogP contribution in [0.4, 0.5) is 10.1 Å². The summed E-state index contributed by atoms with van der Waals surface area (Å²) in [5, 5.41) is 9.74. The SMILES string of the molecule is CC1(C)CC(CCNC(=O)Cn2cc(NC(=O)c3ccccc3F)cn2)(c2ccccc2)CCO1. The Hall–Kier alpha value is -3.52. The number of aromatic nitrogens is 2. The third-order valence-electron chi connectivity index (χ3n) is 6.46. The van der Waals surface area contributed by atoms with Crippen molar-refractivity contribution in [3.8, 4) is 0 Å². The Morgan fingerprint density at radius 1 is 1.11 bits per heavy atom. The Labute approximate surface area is 204 Å². The standard InChI is InChI=1S/C27H31FN4O3/c1-26(2)19-27(13-15-35-26,20-8-4-3-5-9-20)12-14-29-24(33)18-32-17-21(16-30-32)31-25(34)22-10-6-7-11-23(22)28/h3-11,16-17H,12-15,18-19H2,1-2H3,(H,29,33)(H,31,34). The summed E-state index contributed by atoms with van der Waals surface area (Å²) >= 11 is 0. The molecule has 1 fully saturated rings. The van der Waals surface area contributed by atoms with E-state index in [0.717, 1.165) is 19.3 Å². The maximum absolute atomic E-state index is 13.8. The van der Waals surface area contributed by atoms with Gasteiger partial charge in [0.15, 0.2) is 0 Å². The van der Waals surface area contributed by atoms with Crippen molar-refractivity contribution >= 4 is 17.5 Å². The summed E-state index contributed by atoms with van der Waals surface area (Å²) in [6.45, 7) is 5.46. The van der Waals surface area contributed by atoms with Crippen LogP contribution in [0.25, 0.3) is 0 Å². The van der Waals surface area contributed by atoms with Crippen LogP contribution in [0.2, 0.25) is 0 Å². The molecule has 0 bridgehead atoms. The minimum absolute atomic E-state index is 0.0164. The van der Waals surface area contributed by atoms with Crippen LogP contribution in [-0.2, 0) is 21.5 Å². The number of anilines is 1. The molecule has 2 amide bonds. The molecule has 0 radical (unpaired) electrons. The molecule has 2 aromatic carbocycles. The first-order valence-corrected chi connectivity index (χ1v) is 11.8. The molecule has 7 nitrogen and oxygen atoms in total. The van der Waals surface area contributed by atoms with E-state index in [1.807, 2.05) is 6.07 Å². The molecule has 1 aromatic heterocycles. The van der Waals surface area contributed by atoms with Gasteiger partial charge >= 0.3 is 0 Å². The molecule has 3 aromatic rings. The number of benzene rings is 2. The molecule has 1 atom stereocenters. The predicted octanol–water partition coefficient (Wildman–Crippen LogP) is 4.31. The molecule has 1 unspecified atom stereocenters. The van der Waals surface area contributed by atoms with Gasteiger partial charge in [-0.15, -0.1) is 0 Å². The summed E-state index contributed by atoms with van der Waals surface area (Å²) in [5.41, 5.74) is 1.32. The second kappa shape index (κ2) is 10.4. The minimum Gasteiger partial charge on any atom is -0.376 e. The summed E-state index contributed by atoms with van der Waals surface area (Å²) in [6, 6.07) is 16.2. The third kappa shape index (κ3) is 6.14. The number of hydrogen-bond acceptors (Lipinski definition) is 4. The van der Waals surface area contributed by atoms with E-state index in [2.05, 4.69) is 53.8 Å². The number of amides is 2. The Morgan fingerprint density at radius 2 is 1.86 bits per heavy atom. The average molecular weight is 479 g/mol. The van der Waals surface area contributed by atoms with Gasteiger partial charge in [0, 0.05) is 24.8 Å². The Balaban J connectivity index is 1.32. The molecule has 0 saturated carbocycles.